The Morgan fingerprint density at radius 1 is 1.23 bits per heavy atom. The number of hydrogen-bond acceptors (Lipinski definition) is 4. The Balaban J connectivity index is 1.35. The van der Waals surface area contributed by atoms with Gasteiger partial charge in [-0.05, 0) is 25.3 Å². The summed E-state index contributed by atoms with van der Waals surface area (Å²) >= 11 is 0. The van der Waals surface area contributed by atoms with Crippen molar-refractivity contribution in [3.63, 3.8) is 0 Å². The Labute approximate surface area is 174 Å². The van der Waals surface area contributed by atoms with Crippen LogP contribution in [0.4, 0.5) is 9.59 Å². The molecule has 1 fully saturated rings. The third-order valence-corrected chi connectivity index (χ3v) is 5.94. The quantitative estimate of drug-likeness (QED) is 0.782. The van der Waals surface area contributed by atoms with Gasteiger partial charge >= 0.3 is 12.1 Å². The lowest BCUT2D eigenvalue weighted by molar-refractivity contribution is -0.133. The Hall–Kier alpha value is -3.36. The van der Waals surface area contributed by atoms with Gasteiger partial charge in [-0.25, -0.2) is 14.6 Å². The van der Waals surface area contributed by atoms with Gasteiger partial charge in [0, 0.05) is 19.1 Å². The highest BCUT2D eigenvalue weighted by Crippen LogP contribution is 2.27. The molecule has 0 saturated carbocycles. The van der Waals surface area contributed by atoms with E-state index in [0.717, 1.165) is 24.1 Å². The first-order chi connectivity index (χ1) is 14.4. The number of hydrogen-bond donors (Lipinski definition) is 2. The average Bonchev–Trinajstić information content (AvgIpc) is 3.27. The molecular formula is C21H26N6O3. The zero-order chi connectivity index (χ0) is 21.3. The molecule has 4 rings (SSSR count). The number of carbonyl (C=O) groups is 3. The number of carbonyl (C=O) groups excluding carboxylic acids is 3. The Morgan fingerprint density at radius 2 is 1.93 bits per heavy atom. The van der Waals surface area contributed by atoms with Crippen molar-refractivity contribution in [2.45, 2.75) is 44.8 Å². The summed E-state index contributed by atoms with van der Waals surface area (Å²) in [4.78, 5) is 44.9. The molecule has 3 N–H and O–H groups in total. The van der Waals surface area contributed by atoms with E-state index in [0.29, 0.717) is 25.5 Å². The smallest absolute Gasteiger partial charge is 0.330 e. The predicted molar refractivity (Wildman–Crippen MR) is 109 cm³/mol. The SMILES string of the molecule is Cc1ncc2n1C(=O)N(C1CCN(C(=O)CC(NC(N)=O)c3ccccc3)CC1)C2. The van der Waals surface area contributed by atoms with Crippen molar-refractivity contribution in [2.24, 2.45) is 5.73 Å². The minimum Gasteiger partial charge on any atom is -0.352 e. The molecule has 0 spiro atoms. The molecule has 1 atom stereocenters. The lowest BCUT2D eigenvalue weighted by Crippen LogP contribution is -2.48. The van der Waals surface area contributed by atoms with Gasteiger partial charge in [0.15, 0.2) is 0 Å². The van der Waals surface area contributed by atoms with E-state index in [1.54, 1.807) is 10.8 Å². The Kier molecular flexibility index (Phi) is 5.43. The summed E-state index contributed by atoms with van der Waals surface area (Å²) in [5.41, 5.74) is 7.06. The predicted octanol–water partition coefficient (Wildman–Crippen LogP) is 1.77. The molecule has 1 aromatic heterocycles. The fraction of sp³-hybridized carbons (Fsp3) is 0.429. The summed E-state index contributed by atoms with van der Waals surface area (Å²) in [5.74, 6) is 0.675. The molecule has 0 aliphatic carbocycles. The Morgan fingerprint density at radius 3 is 2.57 bits per heavy atom. The largest absolute Gasteiger partial charge is 0.352 e. The number of primary amides is 1. The zero-order valence-electron chi connectivity index (χ0n) is 17.0. The van der Waals surface area contributed by atoms with Crippen molar-refractivity contribution in [3.8, 4) is 0 Å². The monoisotopic (exact) mass is 410 g/mol. The van der Waals surface area contributed by atoms with Crippen molar-refractivity contribution in [3.05, 3.63) is 53.6 Å². The second-order valence-electron chi connectivity index (χ2n) is 7.83. The summed E-state index contributed by atoms with van der Waals surface area (Å²) in [7, 11) is 0. The van der Waals surface area contributed by atoms with Crippen LogP contribution in [0.25, 0.3) is 0 Å². The van der Waals surface area contributed by atoms with Crippen LogP contribution >= 0.6 is 0 Å². The van der Waals surface area contributed by atoms with Crippen molar-refractivity contribution in [1.29, 1.82) is 0 Å². The number of nitrogens with zero attached hydrogens (tertiary/aromatic N) is 4. The van der Waals surface area contributed by atoms with Gasteiger partial charge in [-0.2, -0.15) is 0 Å². The van der Waals surface area contributed by atoms with Crippen molar-refractivity contribution in [2.75, 3.05) is 13.1 Å². The van der Waals surface area contributed by atoms with E-state index in [1.807, 2.05) is 47.1 Å². The maximum absolute atomic E-state index is 12.9. The highest BCUT2D eigenvalue weighted by atomic mass is 16.2. The number of urea groups is 1. The molecule has 0 radical (unpaired) electrons. The van der Waals surface area contributed by atoms with Gasteiger partial charge in [-0.3, -0.25) is 9.36 Å². The summed E-state index contributed by atoms with van der Waals surface area (Å²) in [6.45, 7) is 3.56. The standard InChI is InChI=1S/C21H26N6O3/c1-14-23-12-17-13-26(21(30)27(14)17)16-7-9-25(10-8-16)19(28)11-18(24-20(22)29)15-5-3-2-4-6-15/h2-6,12,16,18H,7-11,13H2,1H3,(H3,22,24,29). The van der Waals surface area contributed by atoms with Crippen LogP contribution in [0.1, 0.15) is 42.4 Å². The summed E-state index contributed by atoms with van der Waals surface area (Å²) in [6.07, 6.45) is 3.36. The van der Waals surface area contributed by atoms with Crippen molar-refractivity contribution in [1.82, 2.24) is 24.7 Å². The van der Waals surface area contributed by atoms with Crippen LogP contribution in [-0.2, 0) is 11.3 Å². The van der Waals surface area contributed by atoms with Crippen LogP contribution in [0.2, 0.25) is 0 Å². The van der Waals surface area contributed by atoms with Gasteiger partial charge in [-0.15, -0.1) is 0 Å². The van der Waals surface area contributed by atoms with Crippen LogP contribution in [0.5, 0.6) is 0 Å². The third kappa shape index (κ3) is 3.87. The molecule has 0 bridgehead atoms. The fourth-order valence-corrected chi connectivity index (χ4v) is 4.36. The van der Waals surface area contributed by atoms with E-state index in [2.05, 4.69) is 10.3 Å². The molecule has 2 aromatic rings. The molecule has 4 amide bonds. The molecule has 30 heavy (non-hydrogen) atoms. The molecule has 2 aliphatic heterocycles. The number of piperidine rings is 1. The van der Waals surface area contributed by atoms with E-state index in [1.165, 1.54) is 0 Å². The number of rotatable bonds is 5. The molecule has 3 heterocycles. The number of nitrogens with two attached hydrogens (primary N) is 1. The molecule has 2 aliphatic rings. The van der Waals surface area contributed by atoms with E-state index in [4.69, 9.17) is 5.73 Å². The van der Waals surface area contributed by atoms with E-state index in [9.17, 15) is 14.4 Å². The lowest BCUT2D eigenvalue weighted by atomic mass is 10.00. The molecule has 1 unspecified atom stereocenters. The van der Waals surface area contributed by atoms with Gasteiger partial charge < -0.3 is 20.9 Å². The second-order valence-corrected chi connectivity index (χ2v) is 7.83. The lowest BCUT2D eigenvalue weighted by Gasteiger charge is -2.36. The van der Waals surface area contributed by atoms with Crippen LogP contribution in [0, 0.1) is 6.92 Å². The van der Waals surface area contributed by atoms with Crippen LogP contribution in [0.15, 0.2) is 36.5 Å². The molecule has 1 saturated heterocycles. The maximum atomic E-state index is 12.9. The highest BCUT2D eigenvalue weighted by Gasteiger charge is 2.36. The molecule has 158 valence electrons. The fourth-order valence-electron chi connectivity index (χ4n) is 4.36. The van der Waals surface area contributed by atoms with Gasteiger partial charge in [0.25, 0.3) is 0 Å². The minimum absolute atomic E-state index is 0.0282. The first kappa shape index (κ1) is 19.9. The number of fused-ring (bicyclic) bond motifs is 1. The van der Waals surface area contributed by atoms with Crippen molar-refractivity contribution >= 4 is 18.0 Å². The van der Waals surface area contributed by atoms with Gasteiger partial charge in [-0.1, -0.05) is 30.3 Å². The first-order valence-corrected chi connectivity index (χ1v) is 10.2. The normalized spacial score (nSPS) is 17.7. The molecule has 9 heteroatoms. The maximum Gasteiger partial charge on any atom is 0.330 e. The topological polar surface area (TPSA) is 114 Å². The average molecular weight is 410 g/mol. The van der Waals surface area contributed by atoms with Crippen LogP contribution < -0.4 is 11.1 Å². The van der Waals surface area contributed by atoms with E-state index < -0.39 is 12.1 Å². The van der Waals surface area contributed by atoms with E-state index >= 15 is 0 Å². The van der Waals surface area contributed by atoms with Gasteiger partial charge in [0.2, 0.25) is 5.91 Å². The molecule has 1 aromatic carbocycles. The van der Waals surface area contributed by atoms with Crippen molar-refractivity contribution < 1.29 is 14.4 Å². The van der Waals surface area contributed by atoms with Crippen LogP contribution in [-0.4, -0.2) is 56.5 Å². The highest BCUT2D eigenvalue weighted by molar-refractivity contribution is 5.81. The number of likely N-dealkylation sites (tertiary alicyclic amines) is 1. The number of imidazole rings is 1. The number of nitrogens with one attached hydrogen (secondary N) is 1. The third-order valence-electron chi connectivity index (χ3n) is 5.94. The van der Waals surface area contributed by atoms with E-state index in [-0.39, 0.29) is 24.4 Å². The number of aryl methyl sites for hydroxylation is 1. The number of aromatic nitrogens is 2. The Bertz CT molecular complexity index is 949. The summed E-state index contributed by atoms with van der Waals surface area (Å²) in [6, 6.07) is 8.30. The second kappa shape index (κ2) is 8.17. The number of amides is 4. The number of benzene rings is 1. The van der Waals surface area contributed by atoms with Gasteiger partial charge in [0.1, 0.15) is 5.82 Å². The zero-order valence-corrected chi connectivity index (χ0v) is 17.0. The first-order valence-electron chi connectivity index (χ1n) is 10.2. The molecule has 9 nitrogen and oxygen atoms in total. The summed E-state index contributed by atoms with van der Waals surface area (Å²) < 4.78 is 1.66. The minimum atomic E-state index is -0.656. The van der Waals surface area contributed by atoms with Gasteiger partial charge in [0.05, 0.1) is 30.9 Å². The van der Waals surface area contributed by atoms with Crippen LogP contribution in [0.3, 0.4) is 0 Å². The summed E-state index contributed by atoms with van der Waals surface area (Å²) in [5, 5.41) is 2.67. The molecular weight excluding hydrogens is 384 g/mol.